The number of nitrogens with zero attached hydrogens (tertiary/aromatic N) is 1. The molecule has 0 saturated heterocycles. The summed E-state index contributed by atoms with van der Waals surface area (Å²) in [5.41, 5.74) is 6.03. The summed E-state index contributed by atoms with van der Waals surface area (Å²) in [6, 6.07) is 3.73. The predicted octanol–water partition coefficient (Wildman–Crippen LogP) is 2.02. The molecule has 1 aromatic rings. The molecular formula is C12H21N3O. The van der Waals surface area contributed by atoms with Gasteiger partial charge in [0, 0.05) is 18.3 Å². The van der Waals surface area contributed by atoms with Crippen molar-refractivity contribution >= 4 is 5.82 Å². The Morgan fingerprint density at radius 3 is 2.69 bits per heavy atom. The fourth-order valence-corrected chi connectivity index (χ4v) is 1.45. The van der Waals surface area contributed by atoms with E-state index in [1.54, 1.807) is 13.3 Å². The molecule has 0 aliphatic heterocycles. The molecule has 1 aromatic heterocycles. The molecule has 4 heteroatoms. The van der Waals surface area contributed by atoms with Gasteiger partial charge in [-0.25, -0.2) is 4.98 Å². The Labute approximate surface area is 97.2 Å². The molecule has 0 unspecified atom stereocenters. The Morgan fingerprint density at radius 1 is 1.44 bits per heavy atom. The largest absolute Gasteiger partial charge is 0.493 e. The fraction of sp³-hybridized carbons (Fsp3) is 0.583. The van der Waals surface area contributed by atoms with Gasteiger partial charge in [0.1, 0.15) is 0 Å². The Bertz CT molecular complexity index is 324. The maximum atomic E-state index is 6.20. The molecule has 0 spiro atoms. The number of methoxy groups -OCH3 is 1. The Kier molecular flexibility index (Phi) is 4.55. The summed E-state index contributed by atoms with van der Waals surface area (Å²) in [5, 5.41) is 3.25. The van der Waals surface area contributed by atoms with Crippen molar-refractivity contribution in [3.63, 3.8) is 0 Å². The molecule has 3 N–H and O–H groups in total. The third kappa shape index (κ3) is 3.10. The lowest BCUT2D eigenvalue weighted by molar-refractivity contribution is 0.406. The zero-order valence-electron chi connectivity index (χ0n) is 10.3. The smallest absolute Gasteiger partial charge is 0.168 e. The maximum Gasteiger partial charge on any atom is 0.168 e. The van der Waals surface area contributed by atoms with Crippen LogP contribution < -0.4 is 15.8 Å². The highest BCUT2D eigenvalue weighted by Crippen LogP contribution is 2.21. The summed E-state index contributed by atoms with van der Waals surface area (Å²) >= 11 is 0. The number of anilines is 1. The van der Waals surface area contributed by atoms with Gasteiger partial charge in [-0.05, 0) is 25.0 Å². The Balaban J connectivity index is 2.67. The second kappa shape index (κ2) is 5.70. The van der Waals surface area contributed by atoms with Crippen LogP contribution >= 0.6 is 0 Å². The number of nitrogens with one attached hydrogen (secondary N) is 1. The molecule has 0 radical (unpaired) electrons. The van der Waals surface area contributed by atoms with E-state index in [2.05, 4.69) is 24.1 Å². The van der Waals surface area contributed by atoms with Gasteiger partial charge in [0.2, 0.25) is 0 Å². The number of hydrogen-bond acceptors (Lipinski definition) is 4. The first-order chi connectivity index (χ1) is 7.65. The summed E-state index contributed by atoms with van der Waals surface area (Å²) < 4.78 is 5.21. The van der Waals surface area contributed by atoms with Crippen LogP contribution in [-0.4, -0.2) is 24.2 Å². The van der Waals surface area contributed by atoms with Crippen LogP contribution in [0.4, 0.5) is 5.82 Å². The molecule has 0 fully saturated rings. The third-order valence-corrected chi connectivity index (χ3v) is 3.01. The average molecular weight is 223 g/mol. The first kappa shape index (κ1) is 12.8. The van der Waals surface area contributed by atoms with E-state index in [0.717, 1.165) is 24.4 Å². The van der Waals surface area contributed by atoms with Crippen molar-refractivity contribution in [2.24, 2.45) is 5.73 Å². The lowest BCUT2D eigenvalue weighted by Gasteiger charge is -2.27. The summed E-state index contributed by atoms with van der Waals surface area (Å²) in [5.74, 6) is 1.50. The van der Waals surface area contributed by atoms with Gasteiger partial charge >= 0.3 is 0 Å². The minimum absolute atomic E-state index is 0.178. The average Bonchev–Trinajstić information content (AvgIpc) is 2.36. The normalized spacial score (nSPS) is 11.2. The molecule has 0 atom stereocenters. The van der Waals surface area contributed by atoms with E-state index in [9.17, 15) is 0 Å². The number of nitrogens with two attached hydrogens (primary N) is 1. The zero-order valence-corrected chi connectivity index (χ0v) is 10.3. The lowest BCUT2D eigenvalue weighted by Crippen LogP contribution is -2.45. The van der Waals surface area contributed by atoms with Crippen molar-refractivity contribution in [3.8, 4) is 5.75 Å². The number of ether oxygens (including phenoxy) is 1. The molecule has 0 aromatic carbocycles. The molecule has 0 bridgehead atoms. The van der Waals surface area contributed by atoms with E-state index in [1.807, 2.05) is 12.1 Å². The third-order valence-electron chi connectivity index (χ3n) is 3.01. The minimum atomic E-state index is -0.178. The fourth-order valence-electron chi connectivity index (χ4n) is 1.45. The second-order valence-corrected chi connectivity index (χ2v) is 3.98. The van der Waals surface area contributed by atoms with Crippen LogP contribution in [-0.2, 0) is 0 Å². The van der Waals surface area contributed by atoms with Crippen LogP contribution in [0.3, 0.4) is 0 Å². The van der Waals surface area contributed by atoms with Crippen LogP contribution in [0.1, 0.15) is 26.7 Å². The van der Waals surface area contributed by atoms with E-state index in [-0.39, 0.29) is 5.54 Å². The number of pyridine rings is 1. The van der Waals surface area contributed by atoms with E-state index in [1.165, 1.54) is 0 Å². The highest BCUT2D eigenvalue weighted by atomic mass is 16.5. The number of aromatic nitrogens is 1. The van der Waals surface area contributed by atoms with Crippen molar-refractivity contribution < 1.29 is 4.74 Å². The molecule has 90 valence electrons. The van der Waals surface area contributed by atoms with E-state index < -0.39 is 0 Å². The van der Waals surface area contributed by atoms with E-state index in [0.29, 0.717) is 6.54 Å². The highest BCUT2D eigenvalue weighted by Gasteiger charge is 2.20. The van der Waals surface area contributed by atoms with Gasteiger partial charge in [-0.2, -0.15) is 0 Å². The van der Waals surface area contributed by atoms with Crippen molar-refractivity contribution in [3.05, 3.63) is 18.3 Å². The van der Waals surface area contributed by atoms with Crippen LogP contribution in [0, 0.1) is 0 Å². The van der Waals surface area contributed by atoms with Gasteiger partial charge in [0.15, 0.2) is 11.6 Å². The van der Waals surface area contributed by atoms with Crippen molar-refractivity contribution in [2.75, 3.05) is 19.0 Å². The lowest BCUT2D eigenvalue weighted by atomic mass is 9.94. The highest BCUT2D eigenvalue weighted by molar-refractivity contribution is 5.49. The summed E-state index contributed by atoms with van der Waals surface area (Å²) in [6.45, 7) is 4.90. The first-order valence-corrected chi connectivity index (χ1v) is 5.67. The van der Waals surface area contributed by atoms with Gasteiger partial charge in [0.05, 0.1) is 7.11 Å². The van der Waals surface area contributed by atoms with Crippen LogP contribution in [0.2, 0.25) is 0 Å². The van der Waals surface area contributed by atoms with Gasteiger partial charge in [-0.3, -0.25) is 0 Å². The second-order valence-electron chi connectivity index (χ2n) is 3.98. The van der Waals surface area contributed by atoms with Crippen molar-refractivity contribution in [2.45, 2.75) is 32.2 Å². The van der Waals surface area contributed by atoms with E-state index in [4.69, 9.17) is 10.5 Å². The quantitative estimate of drug-likeness (QED) is 0.774. The standard InChI is InChI=1S/C12H21N3O/c1-4-12(13,5-2)9-15-11-10(16-3)7-6-8-14-11/h6-8H,4-5,9,13H2,1-3H3,(H,14,15). The molecule has 1 rings (SSSR count). The minimum Gasteiger partial charge on any atom is -0.493 e. The number of rotatable bonds is 6. The Hall–Kier alpha value is -1.29. The van der Waals surface area contributed by atoms with E-state index >= 15 is 0 Å². The zero-order chi connectivity index (χ0) is 12.0. The topological polar surface area (TPSA) is 60.2 Å². The molecule has 4 nitrogen and oxygen atoms in total. The monoisotopic (exact) mass is 223 g/mol. The molecule has 0 aliphatic rings. The van der Waals surface area contributed by atoms with Crippen LogP contribution in [0.5, 0.6) is 5.75 Å². The Morgan fingerprint density at radius 2 is 2.12 bits per heavy atom. The summed E-state index contributed by atoms with van der Waals surface area (Å²) in [6.07, 6.45) is 3.61. The van der Waals surface area contributed by atoms with Gasteiger partial charge in [0.25, 0.3) is 0 Å². The van der Waals surface area contributed by atoms with Crippen molar-refractivity contribution in [1.29, 1.82) is 0 Å². The van der Waals surface area contributed by atoms with Gasteiger partial charge in [-0.15, -0.1) is 0 Å². The predicted molar refractivity (Wildman–Crippen MR) is 66.8 cm³/mol. The SMILES string of the molecule is CCC(N)(CC)CNc1ncccc1OC. The molecule has 16 heavy (non-hydrogen) atoms. The summed E-state index contributed by atoms with van der Waals surface area (Å²) in [7, 11) is 1.64. The molecule has 1 heterocycles. The van der Waals surface area contributed by atoms with Gasteiger partial charge in [-0.1, -0.05) is 13.8 Å². The molecule has 0 saturated carbocycles. The molecular weight excluding hydrogens is 202 g/mol. The molecule has 0 amide bonds. The molecule has 0 aliphatic carbocycles. The van der Waals surface area contributed by atoms with Crippen LogP contribution in [0.15, 0.2) is 18.3 Å². The van der Waals surface area contributed by atoms with Gasteiger partial charge < -0.3 is 15.8 Å². The van der Waals surface area contributed by atoms with Crippen LogP contribution in [0.25, 0.3) is 0 Å². The number of hydrogen-bond donors (Lipinski definition) is 2. The first-order valence-electron chi connectivity index (χ1n) is 5.67. The maximum absolute atomic E-state index is 6.20. The summed E-state index contributed by atoms with van der Waals surface area (Å²) in [4.78, 5) is 4.23. The van der Waals surface area contributed by atoms with Crippen molar-refractivity contribution in [1.82, 2.24) is 4.98 Å².